The van der Waals surface area contributed by atoms with Crippen LogP contribution < -0.4 is 5.32 Å². The molecule has 1 aliphatic rings. The average molecular weight is 623 g/mol. The number of benzene rings is 3. The number of ether oxygens (including phenoxy) is 2. The summed E-state index contributed by atoms with van der Waals surface area (Å²) >= 11 is 0. The van der Waals surface area contributed by atoms with E-state index in [1.807, 2.05) is 103 Å². The number of nitrogens with zero attached hydrogens (tertiary/aromatic N) is 3. The summed E-state index contributed by atoms with van der Waals surface area (Å²) < 4.78 is 13.1. The molecule has 3 heterocycles. The van der Waals surface area contributed by atoms with Crippen molar-refractivity contribution in [3.05, 3.63) is 143 Å². The Morgan fingerprint density at radius 2 is 1.64 bits per heavy atom. The fraction of sp³-hybridized carbons (Fsp3) is 0.179. The van der Waals surface area contributed by atoms with E-state index in [0.29, 0.717) is 35.4 Å². The molecule has 47 heavy (non-hydrogen) atoms. The zero-order valence-corrected chi connectivity index (χ0v) is 26.3. The van der Waals surface area contributed by atoms with Crippen molar-refractivity contribution < 1.29 is 19.1 Å². The number of aryl methyl sites for hydroxylation is 1. The lowest BCUT2D eigenvalue weighted by molar-refractivity contribution is -0.139. The number of pyridine rings is 1. The van der Waals surface area contributed by atoms with Crippen molar-refractivity contribution in [2.45, 2.75) is 26.7 Å². The molecule has 5 aromatic rings. The first-order valence-corrected chi connectivity index (χ1v) is 15.6. The zero-order chi connectivity index (χ0) is 32.6. The fourth-order valence-corrected chi connectivity index (χ4v) is 5.82. The van der Waals surface area contributed by atoms with Crippen LogP contribution in [0.15, 0.2) is 126 Å². The normalized spacial score (nSPS) is 14.3. The predicted octanol–water partition coefficient (Wildman–Crippen LogP) is 6.42. The summed E-state index contributed by atoms with van der Waals surface area (Å²) in [6.07, 6.45) is 6.28. The van der Waals surface area contributed by atoms with E-state index < -0.39 is 17.9 Å². The van der Waals surface area contributed by atoms with Crippen molar-refractivity contribution >= 4 is 28.5 Å². The Labute approximate surface area is 273 Å². The van der Waals surface area contributed by atoms with Gasteiger partial charge in [0.15, 0.2) is 6.61 Å². The largest absolute Gasteiger partial charge is 0.463 e. The third-order valence-corrected chi connectivity index (χ3v) is 8.01. The highest BCUT2D eigenvalue weighted by Crippen LogP contribution is 2.38. The summed E-state index contributed by atoms with van der Waals surface area (Å²) in [7, 11) is 0. The quantitative estimate of drug-likeness (QED) is 0.150. The Balaban J connectivity index is 1.35. The summed E-state index contributed by atoms with van der Waals surface area (Å²) in [5.41, 5.74) is 6.47. The highest BCUT2D eigenvalue weighted by atomic mass is 16.5. The molecule has 0 bridgehead atoms. The van der Waals surface area contributed by atoms with Gasteiger partial charge < -0.3 is 14.8 Å². The topological polar surface area (TPSA) is 95.3 Å². The molecular weight excluding hydrogens is 588 g/mol. The Morgan fingerprint density at radius 3 is 2.40 bits per heavy atom. The van der Waals surface area contributed by atoms with Crippen molar-refractivity contribution in [3.8, 4) is 17.5 Å². The number of fused-ring (bicyclic) bond motifs is 1. The lowest BCUT2D eigenvalue weighted by Crippen LogP contribution is -2.34. The van der Waals surface area contributed by atoms with Gasteiger partial charge in [0, 0.05) is 35.0 Å². The van der Waals surface area contributed by atoms with Crippen molar-refractivity contribution in [2.24, 2.45) is 5.92 Å². The third-order valence-electron chi connectivity index (χ3n) is 8.01. The molecule has 0 fully saturated rings. The molecule has 0 radical (unpaired) electrons. The lowest BCUT2D eigenvalue weighted by Gasteiger charge is -2.31. The van der Waals surface area contributed by atoms with Crippen molar-refractivity contribution in [1.29, 1.82) is 0 Å². The minimum Gasteiger partial charge on any atom is -0.463 e. The van der Waals surface area contributed by atoms with E-state index in [1.165, 1.54) is 0 Å². The van der Waals surface area contributed by atoms with Crippen molar-refractivity contribution in [1.82, 2.24) is 20.1 Å². The van der Waals surface area contributed by atoms with Crippen LogP contribution in [-0.4, -0.2) is 39.9 Å². The highest BCUT2D eigenvalue weighted by molar-refractivity contribution is 6.03. The second-order valence-electron chi connectivity index (χ2n) is 11.0. The van der Waals surface area contributed by atoms with Crippen LogP contribution in [0.25, 0.3) is 22.3 Å². The van der Waals surface area contributed by atoms with E-state index in [2.05, 4.69) is 27.2 Å². The summed E-state index contributed by atoms with van der Waals surface area (Å²) in [6.45, 7) is 3.69. The van der Waals surface area contributed by atoms with Gasteiger partial charge in [0.05, 0.1) is 40.9 Å². The molecule has 1 atom stereocenters. The molecule has 8 nitrogen and oxygen atoms in total. The molecule has 3 aromatic carbocycles. The summed E-state index contributed by atoms with van der Waals surface area (Å²) in [5, 5.41) is 8.99. The van der Waals surface area contributed by atoms with E-state index in [1.54, 1.807) is 25.4 Å². The predicted molar refractivity (Wildman–Crippen MR) is 181 cm³/mol. The molecule has 0 amide bonds. The minimum atomic E-state index is -0.584. The van der Waals surface area contributed by atoms with Crippen LogP contribution in [0.4, 0.5) is 0 Å². The SMILES string of the molecule is CCOC(=O)C1=C(c2ccc(-n3ncc4ccccc43)cc2)NC(C)=C(C(=O)OCC#Cc2cccnc2)C1CCc1ccccc1. The molecule has 6 rings (SSSR count). The second kappa shape index (κ2) is 14.4. The summed E-state index contributed by atoms with van der Waals surface area (Å²) in [6, 6.07) is 29.5. The smallest absolute Gasteiger partial charge is 0.337 e. The van der Waals surface area contributed by atoms with Gasteiger partial charge in [0.2, 0.25) is 0 Å². The number of hydrogen-bond acceptors (Lipinski definition) is 7. The summed E-state index contributed by atoms with van der Waals surface area (Å²) in [5.74, 6) is 4.25. The van der Waals surface area contributed by atoms with Gasteiger partial charge in [-0.15, -0.1) is 0 Å². The fourth-order valence-electron chi connectivity index (χ4n) is 5.82. The maximum atomic E-state index is 13.8. The number of aromatic nitrogens is 3. The van der Waals surface area contributed by atoms with Gasteiger partial charge in [-0.25, -0.2) is 14.3 Å². The van der Waals surface area contributed by atoms with Crippen LogP contribution in [0.2, 0.25) is 0 Å². The van der Waals surface area contributed by atoms with Crippen LogP contribution in [0.1, 0.15) is 37.0 Å². The van der Waals surface area contributed by atoms with Crippen LogP contribution in [0.5, 0.6) is 0 Å². The van der Waals surface area contributed by atoms with Crippen molar-refractivity contribution in [2.75, 3.05) is 13.2 Å². The summed E-state index contributed by atoms with van der Waals surface area (Å²) in [4.78, 5) is 31.5. The Kier molecular flexibility index (Phi) is 9.54. The molecular formula is C39H34N4O4. The zero-order valence-electron chi connectivity index (χ0n) is 26.3. The standard InChI is InChI=1S/C39H34N4O4/c1-3-46-39(45)36-33(22-17-28-11-5-4-6-12-28)35(38(44)47-24-10-14-29-13-9-23-40-25-29)27(2)42-37(36)30-18-20-32(21-19-30)43-34-16-8-7-15-31(34)26-41-43/h4-9,11-13,15-16,18-21,23,25-26,33,42H,3,17,22,24H2,1-2H3. The van der Waals surface area contributed by atoms with Crippen molar-refractivity contribution in [3.63, 3.8) is 0 Å². The molecule has 1 aliphatic heterocycles. The molecule has 2 aromatic heterocycles. The second-order valence-corrected chi connectivity index (χ2v) is 11.0. The maximum absolute atomic E-state index is 13.8. The Morgan fingerprint density at radius 1 is 0.872 bits per heavy atom. The number of dihydropyridines is 1. The molecule has 0 spiro atoms. The van der Waals surface area contributed by atoms with E-state index in [0.717, 1.165) is 33.3 Å². The third kappa shape index (κ3) is 7.00. The van der Waals surface area contributed by atoms with Gasteiger partial charge in [-0.2, -0.15) is 5.10 Å². The van der Waals surface area contributed by atoms with E-state index in [9.17, 15) is 9.59 Å². The van der Waals surface area contributed by atoms with E-state index >= 15 is 0 Å². The molecule has 0 saturated carbocycles. The molecule has 1 unspecified atom stereocenters. The van der Waals surface area contributed by atoms with Crippen LogP contribution in [0, 0.1) is 17.8 Å². The highest BCUT2D eigenvalue weighted by Gasteiger charge is 2.38. The number of carbonyl (C=O) groups excluding carboxylic acids is 2. The number of esters is 2. The number of rotatable bonds is 9. The number of hydrogen-bond donors (Lipinski definition) is 1. The van der Waals surface area contributed by atoms with Gasteiger partial charge in [-0.05, 0) is 68.1 Å². The minimum absolute atomic E-state index is 0.106. The van der Waals surface area contributed by atoms with Gasteiger partial charge in [-0.1, -0.05) is 72.5 Å². The first kappa shape index (κ1) is 31.1. The van der Waals surface area contributed by atoms with Gasteiger partial charge in [0.25, 0.3) is 0 Å². The first-order chi connectivity index (χ1) is 23.0. The number of nitrogens with one attached hydrogen (secondary N) is 1. The molecule has 8 heteroatoms. The average Bonchev–Trinajstić information content (AvgIpc) is 3.54. The van der Waals surface area contributed by atoms with E-state index in [4.69, 9.17) is 9.47 Å². The lowest BCUT2D eigenvalue weighted by atomic mass is 9.80. The monoisotopic (exact) mass is 622 g/mol. The molecule has 234 valence electrons. The molecule has 0 saturated heterocycles. The van der Waals surface area contributed by atoms with Gasteiger partial charge >= 0.3 is 11.9 Å². The van der Waals surface area contributed by atoms with Crippen LogP contribution >= 0.6 is 0 Å². The maximum Gasteiger partial charge on any atom is 0.337 e. The van der Waals surface area contributed by atoms with Gasteiger partial charge in [0.1, 0.15) is 0 Å². The molecule has 0 aliphatic carbocycles. The van der Waals surface area contributed by atoms with Crippen LogP contribution in [-0.2, 0) is 25.5 Å². The van der Waals surface area contributed by atoms with E-state index in [-0.39, 0.29) is 13.2 Å². The van der Waals surface area contributed by atoms with Crippen LogP contribution in [0.3, 0.4) is 0 Å². The number of carbonyl (C=O) groups is 2. The molecule has 1 N–H and O–H groups in total. The number of allylic oxidation sites excluding steroid dienone is 1. The number of para-hydroxylation sites is 1. The first-order valence-electron chi connectivity index (χ1n) is 15.6. The Bertz CT molecular complexity index is 2020. The Hall–Kier alpha value is -5.94. The van der Waals surface area contributed by atoms with Gasteiger partial charge in [-0.3, -0.25) is 4.98 Å².